The molecule has 13 N–H and O–H groups in total. The van der Waals surface area contributed by atoms with E-state index in [4.69, 9.17) is 15.2 Å². The van der Waals surface area contributed by atoms with Gasteiger partial charge in [0.05, 0.1) is 49.7 Å². The molecule has 23 unspecified atom stereocenters. The molecule has 0 aromatic carbocycles. The van der Waals surface area contributed by atoms with E-state index in [1.54, 1.807) is 12.5 Å². The number of carbonyl (C=O) groups excluding carboxylic acids is 1. The maximum atomic E-state index is 14.4. The quantitative estimate of drug-likeness (QED) is 0.0584. The van der Waals surface area contributed by atoms with Crippen molar-refractivity contribution in [3.63, 3.8) is 0 Å². The Morgan fingerprint density at radius 1 is 1.00 bits per heavy atom. The Morgan fingerprint density at radius 2 is 1.76 bits per heavy atom. The zero-order valence-corrected chi connectivity index (χ0v) is 41.5. The van der Waals surface area contributed by atoms with Crippen LogP contribution in [0.3, 0.4) is 0 Å². The number of aliphatic hydroxyl groups excluding tert-OH is 8. The molecule has 1 aromatic heterocycles. The summed E-state index contributed by atoms with van der Waals surface area (Å²) in [6, 6.07) is -0.690. The number of aliphatic carboxylic acids is 1. The van der Waals surface area contributed by atoms with Crippen molar-refractivity contribution in [1.82, 2.24) is 15.3 Å². The Kier molecular flexibility index (Phi) is 13.9. The molecule has 9 rings (SSSR count). The second-order valence-corrected chi connectivity index (χ2v) is 24.3. The number of amides is 1. The van der Waals surface area contributed by atoms with Gasteiger partial charge in [0.25, 0.3) is 0 Å². The topological polar surface area (TPSA) is 301 Å². The van der Waals surface area contributed by atoms with Crippen molar-refractivity contribution in [2.75, 3.05) is 26.4 Å². The number of allylic oxidation sites excluding steroid dienone is 2. The third kappa shape index (κ3) is 7.46. The van der Waals surface area contributed by atoms with Crippen LogP contribution in [0.25, 0.3) is 0 Å². The molecule has 6 aliphatic carbocycles. The normalized spacial score (nSPS) is 49.5. The highest BCUT2D eigenvalue weighted by Crippen LogP contribution is 2.80. The number of aliphatic hydroxyl groups is 8. The largest absolute Gasteiger partial charge is 0.481 e. The molecule has 3 heterocycles. The zero-order chi connectivity index (χ0) is 50.5. The van der Waals surface area contributed by atoms with Crippen LogP contribution in [0.2, 0.25) is 0 Å². The first-order valence-corrected chi connectivity index (χ1v) is 26.1. The van der Waals surface area contributed by atoms with Crippen molar-refractivity contribution in [2.24, 2.45) is 85.6 Å². The fraction of sp³-hybridized carbons (Fsp3) is 0.830. The minimum absolute atomic E-state index is 0.0404. The molecule has 4 bridgehead atoms. The van der Waals surface area contributed by atoms with Gasteiger partial charge in [-0.1, -0.05) is 58.6 Å². The van der Waals surface area contributed by atoms with Gasteiger partial charge in [-0.25, -0.2) is 4.98 Å². The molecule has 6 fully saturated rings. The number of fused-ring (bicyclic) bond motifs is 2. The Bertz CT molecular complexity index is 2200. The maximum absolute atomic E-state index is 14.4. The van der Waals surface area contributed by atoms with Crippen LogP contribution in [0.1, 0.15) is 123 Å². The third-order valence-electron chi connectivity index (χ3n) is 21.3. The number of aromatic amines is 1. The first-order valence-electron chi connectivity index (χ1n) is 26.1. The lowest BCUT2D eigenvalue weighted by Gasteiger charge is -2.75. The number of carboxylic acids is 1. The van der Waals surface area contributed by atoms with Crippen molar-refractivity contribution in [3.8, 4) is 11.8 Å². The molecule has 70 heavy (non-hydrogen) atoms. The van der Waals surface area contributed by atoms with Gasteiger partial charge in [-0.2, -0.15) is 0 Å². The Hall–Kier alpha value is -2.99. The highest BCUT2D eigenvalue weighted by Gasteiger charge is 2.77. The minimum atomic E-state index is -1.70. The van der Waals surface area contributed by atoms with E-state index >= 15 is 0 Å². The standard InChI is InChI=1S/C53H80N4O13/c1-6-27-19-52(47(67)68)18-17-48(2,24-59)20-32(52)31-11-12-36-50(4)16-14-35-49(3,25-60)44(70-46-43(65)41(63)34(61)23-69-46)42(64)39(51(35,36)5)29(9-7-8-15-53(27,31)50)38-30(22-58)45(66)57-40(38)28(10-13-37(54)62)33-21-55-26-56-33/h11,21,26-30,32,34-44,46,58-65H,6,8,10,12-20,22-25,54H2,1-5H3,(H,55,56)(H,57,66)(H,67,68). The molecular weight excluding hydrogens is 901 g/mol. The molecule has 1 aromatic rings. The van der Waals surface area contributed by atoms with Gasteiger partial charge < -0.3 is 71.5 Å². The van der Waals surface area contributed by atoms with Crippen LogP contribution in [-0.2, 0) is 19.1 Å². The van der Waals surface area contributed by atoms with Crippen molar-refractivity contribution in [2.45, 2.75) is 167 Å². The SMILES string of the molecule is CCC1CC2(C(=O)O)CCC(C)(CO)CC2C2=CCC3C4(C)C5C(O)C(OC6OCC(O)C(O)C6O)C(C)(CO)C4CCC3(C)C21CCC#CC5C1C(CO)C(=O)NC1C(CCC(N)O)c1cnc[nH]1. The first kappa shape index (κ1) is 51.9. The number of nitrogens with two attached hydrogens (primary N) is 1. The van der Waals surface area contributed by atoms with Crippen LogP contribution in [0.4, 0.5) is 0 Å². The Balaban J connectivity index is 1.27. The summed E-state index contributed by atoms with van der Waals surface area (Å²) >= 11 is 0. The lowest BCUT2D eigenvalue weighted by atomic mass is 9.29. The summed E-state index contributed by atoms with van der Waals surface area (Å²) in [6.45, 7) is 9.39. The summed E-state index contributed by atoms with van der Waals surface area (Å²) in [7, 11) is 0. The smallest absolute Gasteiger partial charge is 0.310 e. The highest BCUT2D eigenvalue weighted by atomic mass is 16.7. The van der Waals surface area contributed by atoms with Gasteiger partial charge in [-0.3, -0.25) is 9.59 Å². The van der Waals surface area contributed by atoms with E-state index in [1.165, 1.54) is 5.57 Å². The summed E-state index contributed by atoms with van der Waals surface area (Å²) in [5.74, 6) is 1.40. The number of nitrogens with one attached hydrogen (secondary N) is 2. The number of carbonyl (C=O) groups is 2. The first-order chi connectivity index (χ1) is 33.2. The lowest BCUT2D eigenvalue weighted by Crippen LogP contribution is -2.74. The average Bonchev–Trinajstić information content (AvgIpc) is 3.98. The number of imidazole rings is 1. The van der Waals surface area contributed by atoms with Crippen molar-refractivity contribution in [3.05, 3.63) is 29.9 Å². The number of H-pyrrole nitrogens is 1. The number of nitrogens with zero attached hydrogens (tertiary/aromatic N) is 1. The maximum Gasteiger partial charge on any atom is 0.310 e. The molecule has 17 heteroatoms. The van der Waals surface area contributed by atoms with E-state index in [9.17, 15) is 55.5 Å². The second-order valence-electron chi connectivity index (χ2n) is 24.3. The number of hydrogen-bond donors (Lipinski definition) is 12. The fourth-order valence-corrected chi connectivity index (χ4v) is 18.0. The zero-order valence-electron chi connectivity index (χ0n) is 41.5. The summed E-state index contributed by atoms with van der Waals surface area (Å²) in [5, 5.41) is 105. The van der Waals surface area contributed by atoms with E-state index in [2.05, 4.69) is 60.9 Å². The van der Waals surface area contributed by atoms with Gasteiger partial charge in [0.15, 0.2) is 6.29 Å². The van der Waals surface area contributed by atoms with Crippen LogP contribution < -0.4 is 11.1 Å². The molecule has 2 saturated heterocycles. The van der Waals surface area contributed by atoms with E-state index in [1.807, 2.05) is 6.92 Å². The fourth-order valence-electron chi connectivity index (χ4n) is 18.0. The summed E-state index contributed by atoms with van der Waals surface area (Å²) in [4.78, 5) is 35.8. The van der Waals surface area contributed by atoms with Gasteiger partial charge in [-0.15, -0.1) is 5.92 Å². The molecule has 1 amide bonds. The molecule has 8 aliphatic rings. The van der Waals surface area contributed by atoms with Gasteiger partial charge in [0.1, 0.15) is 24.5 Å². The minimum Gasteiger partial charge on any atom is -0.481 e. The Morgan fingerprint density at radius 3 is 2.40 bits per heavy atom. The van der Waals surface area contributed by atoms with Crippen LogP contribution in [0.5, 0.6) is 0 Å². The van der Waals surface area contributed by atoms with Crippen LogP contribution in [-0.4, -0.2) is 143 Å². The van der Waals surface area contributed by atoms with Crippen molar-refractivity contribution in [1.29, 1.82) is 0 Å². The van der Waals surface area contributed by atoms with Gasteiger partial charge in [0.2, 0.25) is 5.91 Å². The molecule has 1 spiro atoms. The molecule has 23 atom stereocenters. The van der Waals surface area contributed by atoms with Gasteiger partial charge in [0, 0.05) is 65.5 Å². The number of aromatic nitrogens is 2. The molecule has 390 valence electrons. The summed E-state index contributed by atoms with van der Waals surface area (Å²) in [5.41, 5.74) is 3.21. The number of carboxylic acid groups (broad SMARTS) is 1. The van der Waals surface area contributed by atoms with E-state index < -0.39 is 136 Å². The summed E-state index contributed by atoms with van der Waals surface area (Å²) in [6.07, 6.45) is 1.76. The van der Waals surface area contributed by atoms with E-state index in [0.29, 0.717) is 69.9 Å². The molecule has 2 aliphatic heterocycles. The van der Waals surface area contributed by atoms with Crippen molar-refractivity contribution >= 4 is 11.9 Å². The molecule has 0 radical (unpaired) electrons. The predicted octanol–water partition coefficient (Wildman–Crippen LogP) is 2.16. The third-order valence-corrected chi connectivity index (χ3v) is 21.3. The number of rotatable bonds is 13. The van der Waals surface area contributed by atoms with Gasteiger partial charge in [-0.05, 0) is 104 Å². The van der Waals surface area contributed by atoms with Crippen molar-refractivity contribution < 1.29 is 65.0 Å². The average molecular weight is 981 g/mol. The lowest BCUT2D eigenvalue weighted by molar-refractivity contribution is -0.344. The van der Waals surface area contributed by atoms with E-state index in [-0.39, 0.29) is 43.3 Å². The van der Waals surface area contributed by atoms with E-state index in [0.717, 1.165) is 6.42 Å². The molecule has 17 nitrogen and oxygen atoms in total. The van der Waals surface area contributed by atoms with Crippen LogP contribution in [0.15, 0.2) is 24.2 Å². The number of ether oxygens (including phenoxy) is 2. The monoisotopic (exact) mass is 981 g/mol. The van der Waals surface area contributed by atoms with Gasteiger partial charge >= 0.3 is 5.97 Å². The Labute approximate surface area is 411 Å². The second kappa shape index (κ2) is 18.7. The predicted molar refractivity (Wildman–Crippen MR) is 253 cm³/mol. The van der Waals surface area contributed by atoms with Crippen LogP contribution >= 0.6 is 0 Å². The summed E-state index contributed by atoms with van der Waals surface area (Å²) < 4.78 is 12.6. The number of hydrogen-bond acceptors (Lipinski definition) is 14. The van der Waals surface area contributed by atoms with Crippen LogP contribution in [0, 0.1) is 91.7 Å². The molecule has 4 saturated carbocycles. The highest BCUT2D eigenvalue weighted by molar-refractivity contribution is 5.82. The molecular formula is C53H80N4O13.